The Hall–Kier alpha value is -1.91. The molecule has 3 rings (SSSR count). The lowest BCUT2D eigenvalue weighted by atomic mass is 9.95. The molecule has 142 valence electrons. The lowest BCUT2D eigenvalue weighted by Crippen LogP contribution is -2.23. The summed E-state index contributed by atoms with van der Waals surface area (Å²) in [7, 11) is 0. The third kappa shape index (κ3) is 4.43. The number of hydrogen-bond acceptors (Lipinski definition) is 4. The number of amides is 1. The highest BCUT2D eigenvalue weighted by molar-refractivity contribution is 5.93. The molecule has 1 fully saturated rings. The maximum atomic E-state index is 12.8. The summed E-state index contributed by atoms with van der Waals surface area (Å²) in [5.74, 6) is -0.0410. The number of hydrogen-bond donors (Lipinski definition) is 1. The Morgan fingerprint density at radius 3 is 2.38 bits per heavy atom. The third-order valence-corrected chi connectivity index (χ3v) is 5.75. The molecule has 1 saturated carbocycles. The van der Waals surface area contributed by atoms with Crippen LogP contribution in [0.5, 0.6) is 0 Å². The lowest BCUT2D eigenvalue weighted by Gasteiger charge is -2.18. The maximum Gasteiger partial charge on any atom is 0.303 e. The van der Waals surface area contributed by atoms with Crippen molar-refractivity contribution in [3.8, 4) is 0 Å². The number of esters is 1. The average Bonchev–Trinajstić information content (AvgIpc) is 3.05. The summed E-state index contributed by atoms with van der Waals surface area (Å²) in [6, 6.07) is 0. The fraction of sp³-hybridized carbons (Fsp3) is 0.667. The van der Waals surface area contributed by atoms with Gasteiger partial charge in [-0.15, -0.1) is 0 Å². The van der Waals surface area contributed by atoms with Crippen LogP contribution in [0, 0.1) is 12.8 Å². The molecule has 0 spiro atoms. The zero-order valence-corrected chi connectivity index (χ0v) is 16.0. The van der Waals surface area contributed by atoms with Gasteiger partial charge in [0.2, 0.25) is 5.91 Å². The Bertz CT molecular complexity index is 661. The maximum absolute atomic E-state index is 12.8. The number of nitrogens with one attached hydrogen (secondary N) is 1. The Balaban J connectivity index is 1.70. The number of carbonyl (C=O) groups is 2. The first kappa shape index (κ1) is 18.9. The van der Waals surface area contributed by atoms with Crippen LogP contribution in [-0.4, -0.2) is 16.9 Å². The largest absolute Gasteiger partial charge is 0.456 e. The summed E-state index contributed by atoms with van der Waals surface area (Å²) < 4.78 is 5.36. The van der Waals surface area contributed by atoms with Gasteiger partial charge in [-0.2, -0.15) is 0 Å². The van der Waals surface area contributed by atoms with Crippen LogP contribution in [0.15, 0.2) is 6.20 Å². The van der Waals surface area contributed by atoms with Crippen LogP contribution in [0.3, 0.4) is 0 Å². The fourth-order valence-electron chi connectivity index (χ4n) is 4.24. The minimum atomic E-state index is -0.278. The van der Waals surface area contributed by atoms with Crippen LogP contribution in [0.2, 0.25) is 0 Å². The predicted octanol–water partition coefficient (Wildman–Crippen LogP) is 4.63. The fourth-order valence-corrected chi connectivity index (χ4v) is 4.24. The summed E-state index contributed by atoms with van der Waals surface area (Å²) >= 11 is 0. The van der Waals surface area contributed by atoms with Gasteiger partial charge in [0.15, 0.2) is 0 Å². The number of fused-ring (bicyclic) bond motifs is 1. The molecule has 2 aliphatic rings. The quantitative estimate of drug-likeness (QED) is 0.800. The molecule has 1 amide bonds. The first-order chi connectivity index (χ1) is 12.6. The van der Waals surface area contributed by atoms with Crippen molar-refractivity contribution >= 4 is 17.6 Å². The Labute approximate surface area is 155 Å². The third-order valence-electron chi connectivity index (χ3n) is 5.75. The molecule has 0 radical (unpaired) electrons. The van der Waals surface area contributed by atoms with Crippen molar-refractivity contribution in [2.45, 2.75) is 84.2 Å². The summed E-state index contributed by atoms with van der Waals surface area (Å²) in [6.45, 7) is 3.45. The highest BCUT2D eigenvalue weighted by atomic mass is 16.5. The zero-order chi connectivity index (χ0) is 18.5. The molecule has 5 nitrogen and oxygen atoms in total. The van der Waals surface area contributed by atoms with Gasteiger partial charge < -0.3 is 10.1 Å². The topological polar surface area (TPSA) is 68.3 Å². The molecule has 0 bridgehead atoms. The molecule has 1 unspecified atom stereocenters. The van der Waals surface area contributed by atoms with E-state index in [-0.39, 0.29) is 23.9 Å². The number of pyridine rings is 1. The number of aromatic nitrogens is 1. The van der Waals surface area contributed by atoms with Crippen molar-refractivity contribution in [2.75, 3.05) is 5.32 Å². The SMILES string of the molecule is CC(=O)OC1CCc2c1ncc(NC(=O)C1CCCCCCCC1)c2C. The highest BCUT2D eigenvalue weighted by Crippen LogP contribution is 2.37. The highest BCUT2D eigenvalue weighted by Gasteiger charge is 2.29. The van der Waals surface area contributed by atoms with Crippen LogP contribution in [0.4, 0.5) is 5.69 Å². The van der Waals surface area contributed by atoms with E-state index >= 15 is 0 Å². The van der Waals surface area contributed by atoms with E-state index in [1.165, 1.54) is 32.6 Å². The van der Waals surface area contributed by atoms with Gasteiger partial charge in [-0.25, -0.2) is 0 Å². The summed E-state index contributed by atoms with van der Waals surface area (Å²) in [5, 5.41) is 3.12. The molecule has 5 heteroatoms. The smallest absolute Gasteiger partial charge is 0.303 e. The molecule has 0 aliphatic heterocycles. The van der Waals surface area contributed by atoms with Gasteiger partial charge in [-0.3, -0.25) is 14.6 Å². The molecule has 1 N–H and O–H groups in total. The molecule has 0 aromatic carbocycles. The van der Waals surface area contributed by atoms with Gasteiger partial charge in [0, 0.05) is 12.8 Å². The Morgan fingerprint density at radius 1 is 1.08 bits per heavy atom. The number of nitrogens with zero attached hydrogens (tertiary/aromatic N) is 1. The predicted molar refractivity (Wildman–Crippen MR) is 101 cm³/mol. The summed E-state index contributed by atoms with van der Waals surface area (Å²) in [4.78, 5) is 28.6. The van der Waals surface area contributed by atoms with Crippen LogP contribution in [0.25, 0.3) is 0 Å². The van der Waals surface area contributed by atoms with E-state index in [0.29, 0.717) is 0 Å². The molecular weight excluding hydrogens is 328 g/mol. The van der Waals surface area contributed by atoms with Crippen molar-refractivity contribution in [2.24, 2.45) is 5.92 Å². The minimum Gasteiger partial charge on any atom is -0.456 e. The first-order valence-corrected chi connectivity index (χ1v) is 10.0. The molecule has 0 saturated heterocycles. The van der Waals surface area contributed by atoms with Crippen molar-refractivity contribution in [1.82, 2.24) is 4.98 Å². The summed E-state index contributed by atoms with van der Waals surface area (Å²) in [5.41, 5.74) is 3.82. The molecular formula is C21H30N2O3. The molecule has 1 heterocycles. The van der Waals surface area contributed by atoms with Crippen molar-refractivity contribution in [1.29, 1.82) is 0 Å². The second kappa shape index (κ2) is 8.65. The molecule has 1 aromatic heterocycles. The zero-order valence-electron chi connectivity index (χ0n) is 16.0. The van der Waals surface area contributed by atoms with Crippen molar-refractivity contribution in [3.05, 3.63) is 23.0 Å². The van der Waals surface area contributed by atoms with Gasteiger partial charge >= 0.3 is 5.97 Å². The molecule has 2 aliphatic carbocycles. The van der Waals surface area contributed by atoms with Crippen molar-refractivity contribution < 1.29 is 14.3 Å². The number of rotatable bonds is 3. The van der Waals surface area contributed by atoms with E-state index in [1.807, 2.05) is 6.92 Å². The lowest BCUT2D eigenvalue weighted by molar-refractivity contribution is -0.146. The van der Waals surface area contributed by atoms with Gasteiger partial charge in [-0.1, -0.05) is 38.5 Å². The van der Waals surface area contributed by atoms with Gasteiger partial charge in [0.05, 0.1) is 17.6 Å². The van der Waals surface area contributed by atoms with Crippen LogP contribution >= 0.6 is 0 Å². The van der Waals surface area contributed by atoms with Crippen LogP contribution in [-0.2, 0) is 20.7 Å². The monoisotopic (exact) mass is 358 g/mol. The van der Waals surface area contributed by atoms with E-state index in [4.69, 9.17) is 4.74 Å². The Morgan fingerprint density at radius 2 is 1.73 bits per heavy atom. The molecule has 26 heavy (non-hydrogen) atoms. The minimum absolute atomic E-state index is 0.106. The number of anilines is 1. The number of carbonyl (C=O) groups excluding carboxylic acids is 2. The van der Waals surface area contributed by atoms with E-state index in [9.17, 15) is 9.59 Å². The van der Waals surface area contributed by atoms with Crippen LogP contribution < -0.4 is 5.32 Å². The van der Waals surface area contributed by atoms with Crippen LogP contribution in [0.1, 0.15) is 87.6 Å². The van der Waals surface area contributed by atoms with Crippen molar-refractivity contribution in [3.63, 3.8) is 0 Å². The first-order valence-electron chi connectivity index (χ1n) is 10.0. The normalized spacial score (nSPS) is 21.2. The second-order valence-corrected chi connectivity index (χ2v) is 7.68. The van der Waals surface area contributed by atoms with E-state index in [1.54, 1.807) is 6.20 Å². The van der Waals surface area contributed by atoms with E-state index in [0.717, 1.165) is 61.0 Å². The second-order valence-electron chi connectivity index (χ2n) is 7.68. The van der Waals surface area contributed by atoms with Gasteiger partial charge in [0.1, 0.15) is 6.10 Å². The van der Waals surface area contributed by atoms with E-state index < -0.39 is 0 Å². The van der Waals surface area contributed by atoms with Gasteiger partial charge in [-0.05, 0) is 43.7 Å². The molecule has 1 atom stereocenters. The average molecular weight is 358 g/mol. The summed E-state index contributed by atoms with van der Waals surface area (Å²) in [6.07, 6.45) is 12.4. The Kier molecular flexibility index (Phi) is 6.28. The molecule has 1 aromatic rings. The van der Waals surface area contributed by atoms with E-state index in [2.05, 4.69) is 10.3 Å². The standard InChI is InChI=1S/C21H30N2O3/c1-14-17-11-12-19(26-15(2)24)20(17)22-13-18(14)23-21(25)16-9-7-5-3-4-6-8-10-16/h13,16,19H,3-12H2,1-2H3,(H,23,25). The number of ether oxygens (including phenoxy) is 1. The van der Waals surface area contributed by atoms with Gasteiger partial charge in [0.25, 0.3) is 0 Å².